The third-order valence-corrected chi connectivity index (χ3v) is 3.65. The van der Waals surface area contributed by atoms with Gasteiger partial charge in [0, 0.05) is 19.0 Å². The molecule has 2 fully saturated rings. The van der Waals surface area contributed by atoms with Crippen molar-refractivity contribution >= 4 is 18.0 Å². The maximum Gasteiger partial charge on any atom is 0.326 e. The Morgan fingerprint density at radius 1 is 1.33 bits per heavy atom. The van der Waals surface area contributed by atoms with Gasteiger partial charge in [-0.25, -0.2) is 9.59 Å². The third-order valence-electron chi connectivity index (χ3n) is 3.65. The van der Waals surface area contributed by atoms with Crippen molar-refractivity contribution in [3.8, 4) is 0 Å². The quantitative estimate of drug-likeness (QED) is 0.672. The van der Waals surface area contributed by atoms with E-state index in [0.717, 1.165) is 17.7 Å². The monoisotopic (exact) mass is 300 g/mol. The zero-order chi connectivity index (χ0) is 15.6. The van der Waals surface area contributed by atoms with Crippen LogP contribution in [0.1, 0.15) is 26.2 Å². The number of esters is 1. The van der Waals surface area contributed by atoms with Crippen molar-refractivity contribution < 1.29 is 29.3 Å². The predicted octanol–water partition coefficient (Wildman–Crippen LogP) is -0.346. The SMILES string of the molecule is CCOC(=O)CN(C(=O)N1C[C@@H](O)C[C@H]1C(=O)O)C1CC1. The summed E-state index contributed by atoms with van der Waals surface area (Å²) in [6, 6.07) is -1.61. The topological polar surface area (TPSA) is 107 Å². The number of hydrogen-bond donors (Lipinski definition) is 2. The Hall–Kier alpha value is -1.83. The number of carbonyl (C=O) groups is 3. The van der Waals surface area contributed by atoms with Crippen LogP contribution in [0.4, 0.5) is 4.79 Å². The maximum atomic E-state index is 12.5. The lowest BCUT2D eigenvalue weighted by Gasteiger charge is -2.29. The number of ether oxygens (including phenoxy) is 1. The first kappa shape index (κ1) is 15.6. The summed E-state index contributed by atoms with van der Waals surface area (Å²) >= 11 is 0. The van der Waals surface area contributed by atoms with Crippen LogP contribution in [0.15, 0.2) is 0 Å². The van der Waals surface area contributed by atoms with Gasteiger partial charge in [-0.1, -0.05) is 0 Å². The van der Waals surface area contributed by atoms with Gasteiger partial charge >= 0.3 is 18.0 Å². The Bertz CT molecular complexity index is 436. The fourth-order valence-corrected chi connectivity index (χ4v) is 2.51. The van der Waals surface area contributed by atoms with E-state index in [9.17, 15) is 19.5 Å². The molecule has 1 aliphatic carbocycles. The maximum absolute atomic E-state index is 12.5. The van der Waals surface area contributed by atoms with Crippen molar-refractivity contribution in [1.29, 1.82) is 0 Å². The minimum atomic E-state index is -1.15. The van der Waals surface area contributed by atoms with Gasteiger partial charge in [-0.2, -0.15) is 0 Å². The van der Waals surface area contributed by atoms with Crippen molar-refractivity contribution in [2.24, 2.45) is 0 Å². The summed E-state index contributed by atoms with van der Waals surface area (Å²) in [6.07, 6.45) is 0.746. The zero-order valence-electron chi connectivity index (χ0n) is 11.9. The van der Waals surface area contributed by atoms with E-state index in [4.69, 9.17) is 9.84 Å². The molecular formula is C13H20N2O6. The van der Waals surface area contributed by atoms with E-state index in [0.29, 0.717) is 0 Å². The Morgan fingerprint density at radius 2 is 2.00 bits per heavy atom. The van der Waals surface area contributed by atoms with Gasteiger partial charge in [0.05, 0.1) is 12.7 Å². The molecule has 0 bridgehead atoms. The zero-order valence-corrected chi connectivity index (χ0v) is 11.9. The lowest BCUT2D eigenvalue weighted by atomic mass is 10.2. The fourth-order valence-electron chi connectivity index (χ4n) is 2.51. The summed E-state index contributed by atoms with van der Waals surface area (Å²) in [5, 5.41) is 18.7. The number of urea groups is 1. The second-order valence-corrected chi connectivity index (χ2v) is 5.34. The highest BCUT2D eigenvalue weighted by atomic mass is 16.5. The molecule has 0 radical (unpaired) electrons. The Morgan fingerprint density at radius 3 is 2.52 bits per heavy atom. The molecule has 0 aromatic heterocycles. The van der Waals surface area contributed by atoms with Gasteiger partial charge in [0.1, 0.15) is 12.6 Å². The largest absolute Gasteiger partial charge is 0.480 e. The summed E-state index contributed by atoms with van der Waals surface area (Å²) in [4.78, 5) is 37.7. The minimum absolute atomic E-state index is 0.0129. The Kier molecular flexibility index (Phi) is 4.66. The number of rotatable bonds is 5. The number of carboxylic acid groups (broad SMARTS) is 1. The minimum Gasteiger partial charge on any atom is -0.480 e. The molecule has 1 aliphatic heterocycles. The van der Waals surface area contributed by atoms with Gasteiger partial charge in [0.2, 0.25) is 0 Å². The average Bonchev–Trinajstić information content (AvgIpc) is 3.17. The average molecular weight is 300 g/mol. The molecule has 2 amide bonds. The van der Waals surface area contributed by atoms with Gasteiger partial charge < -0.3 is 24.7 Å². The Balaban J connectivity index is 2.07. The van der Waals surface area contributed by atoms with Crippen molar-refractivity contribution in [3.63, 3.8) is 0 Å². The van der Waals surface area contributed by atoms with Crippen molar-refractivity contribution in [2.45, 2.75) is 44.4 Å². The Labute approximate surface area is 122 Å². The number of carbonyl (C=O) groups excluding carboxylic acids is 2. The van der Waals surface area contributed by atoms with Gasteiger partial charge in [-0.05, 0) is 19.8 Å². The van der Waals surface area contributed by atoms with Gasteiger partial charge in [-0.3, -0.25) is 4.79 Å². The van der Waals surface area contributed by atoms with Crippen LogP contribution in [-0.4, -0.2) is 75.9 Å². The van der Waals surface area contributed by atoms with Crippen LogP contribution in [0.2, 0.25) is 0 Å². The second kappa shape index (κ2) is 6.30. The van der Waals surface area contributed by atoms with E-state index in [-0.39, 0.29) is 32.2 Å². The summed E-state index contributed by atoms with van der Waals surface area (Å²) in [7, 11) is 0. The van der Waals surface area contributed by atoms with Crippen molar-refractivity contribution in [3.05, 3.63) is 0 Å². The van der Waals surface area contributed by atoms with E-state index in [1.165, 1.54) is 4.90 Å². The first-order valence-corrected chi connectivity index (χ1v) is 7.07. The molecule has 2 rings (SSSR count). The number of likely N-dealkylation sites (tertiary alicyclic amines) is 1. The summed E-state index contributed by atoms with van der Waals surface area (Å²) in [5.74, 6) is -1.66. The van der Waals surface area contributed by atoms with E-state index in [2.05, 4.69) is 0 Å². The molecule has 0 unspecified atom stereocenters. The van der Waals surface area contributed by atoms with Gasteiger partial charge in [-0.15, -0.1) is 0 Å². The van der Waals surface area contributed by atoms with Crippen LogP contribution < -0.4 is 0 Å². The van der Waals surface area contributed by atoms with E-state index >= 15 is 0 Å². The highest BCUT2D eigenvalue weighted by molar-refractivity contribution is 5.86. The molecule has 118 valence electrons. The standard InChI is InChI=1S/C13H20N2O6/c1-2-21-11(17)7-14(8-3-4-8)13(20)15-6-9(16)5-10(15)12(18)19/h8-10,16H,2-7H2,1H3,(H,18,19)/t9-,10-/m0/s1. The molecule has 8 nitrogen and oxygen atoms in total. The first-order valence-electron chi connectivity index (χ1n) is 7.07. The summed E-state index contributed by atoms with van der Waals surface area (Å²) < 4.78 is 4.84. The predicted molar refractivity (Wildman–Crippen MR) is 70.5 cm³/mol. The van der Waals surface area contributed by atoms with Crippen LogP contribution in [0.3, 0.4) is 0 Å². The molecule has 0 aromatic rings. The van der Waals surface area contributed by atoms with Crippen LogP contribution in [-0.2, 0) is 14.3 Å². The summed E-state index contributed by atoms with van der Waals surface area (Å²) in [6.45, 7) is 1.70. The van der Waals surface area contributed by atoms with Gasteiger partial charge in [0.25, 0.3) is 0 Å². The van der Waals surface area contributed by atoms with E-state index < -0.39 is 30.1 Å². The van der Waals surface area contributed by atoms with Gasteiger partial charge in [0.15, 0.2) is 0 Å². The molecule has 2 N–H and O–H groups in total. The van der Waals surface area contributed by atoms with Crippen LogP contribution in [0.25, 0.3) is 0 Å². The molecule has 0 aromatic carbocycles. The highest BCUT2D eigenvalue weighted by Crippen LogP contribution is 2.30. The number of aliphatic hydroxyl groups is 1. The fraction of sp³-hybridized carbons (Fsp3) is 0.769. The number of hydrogen-bond acceptors (Lipinski definition) is 5. The molecular weight excluding hydrogens is 280 g/mol. The van der Waals surface area contributed by atoms with Crippen LogP contribution in [0, 0.1) is 0 Å². The number of carboxylic acids is 1. The van der Waals surface area contributed by atoms with Crippen LogP contribution in [0.5, 0.6) is 0 Å². The van der Waals surface area contributed by atoms with E-state index in [1.807, 2.05) is 0 Å². The molecule has 2 atom stereocenters. The summed E-state index contributed by atoms with van der Waals surface area (Å²) in [5.41, 5.74) is 0. The lowest BCUT2D eigenvalue weighted by Crippen LogP contribution is -2.50. The smallest absolute Gasteiger partial charge is 0.326 e. The molecule has 1 saturated carbocycles. The highest BCUT2D eigenvalue weighted by Gasteiger charge is 2.44. The normalized spacial score (nSPS) is 24.8. The molecule has 1 saturated heterocycles. The van der Waals surface area contributed by atoms with Crippen molar-refractivity contribution in [1.82, 2.24) is 9.80 Å². The molecule has 2 aliphatic rings. The van der Waals surface area contributed by atoms with E-state index in [1.54, 1.807) is 6.92 Å². The number of nitrogens with zero attached hydrogens (tertiary/aromatic N) is 2. The third kappa shape index (κ3) is 3.63. The molecule has 8 heteroatoms. The molecule has 21 heavy (non-hydrogen) atoms. The van der Waals surface area contributed by atoms with Crippen molar-refractivity contribution in [2.75, 3.05) is 19.7 Å². The number of amides is 2. The molecule has 1 heterocycles. The number of β-amino-alcohol motifs (C(OH)–C–C–N with tert-alkyl or cyclic N) is 1. The number of aliphatic carboxylic acids is 1. The van der Waals surface area contributed by atoms with Crippen LogP contribution >= 0.6 is 0 Å². The second-order valence-electron chi connectivity index (χ2n) is 5.34. The lowest BCUT2D eigenvalue weighted by molar-refractivity contribution is -0.144. The first-order chi connectivity index (χ1) is 9.93. The molecule has 0 spiro atoms. The number of aliphatic hydroxyl groups excluding tert-OH is 1.